The Balaban J connectivity index is 0.994. The first kappa shape index (κ1) is 37.7. The predicted octanol–water partition coefficient (Wildman–Crippen LogP) is 5.67. The Morgan fingerprint density at radius 3 is 2.54 bits per heavy atom. The van der Waals surface area contributed by atoms with Gasteiger partial charge >= 0.3 is 6.09 Å². The van der Waals surface area contributed by atoms with Crippen LogP contribution in [0.25, 0.3) is 0 Å². The largest absolute Gasteiger partial charge is 0.457 e. The standard InChI is InChI=1S/C38H47ClN4O8S/c39-29-10-8-13-31(22-29)50-32-16-15-27-24-43(20-19-26(27)21-32)35(45)34(41-37(47)51-30-11-6-7-12-30)14-5-3-1-2-4-9-28-23-38(28,40-25-44)36(46)42-52(48,49)33-17-18-33/h4,8-10,13,15-16,21-22,25,28,30,33-34H,1-3,5-7,11-12,14,17-20,23-24H2,(H,40,44)(H,41,47)(H,42,46)/b9-4-/t28-,34+,38-/m1/s1. The van der Waals surface area contributed by atoms with Crippen LogP contribution in [0.15, 0.2) is 54.6 Å². The fraction of sp³-hybridized carbons (Fsp3) is 0.526. The minimum Gasteiger partial charge on any atom is -0.457 e. The van der Waals surface area contributed by atoms with Gasteiger partial charge in [0.05, 0.1) is 5.25 Å². The Bertz CT molecular complexity index is 1780. The molecule has 4 aliphatic rings. The molecule has 0 bridgehead atoms. The number of nitrogens with one attached hydrogen (secondary N) is 3. The third-order valence-electron chi connectivity index (χ3n) is 10.4. The zero-order chi connectivity index (χ0) is 36.7. The molecule has 3 N–H and O–H groups in total. The van der Waals surface area contributed by atoms with Crippen LogP contribution in [-0.4, -0.2) is 67.1 Å². The van der Waals surface area contributed by atoms with Gasteiger partial charge in [-0.3, -0.25) is 19.1 Å². The van der Waals surface area contributed by atoms with Crippen molar-refractivity contribution < 1.29 is 37.1 Å². The van der Waals surface area contributed by atoms with Crippen molar-refractivity contribution >= 4 is 45.9 Å². The van der Waals surface area contributed by atoms with E-state index in [1.807, 2.05) is 42.5 Å². The van der Waals surface area contributed by atoms with E-state index in [-0.39, 0.29) is 17.9 Å². The van der Waals surface area contributed by atoms with Crippen LogP contribution in [0, 0.1) is 5.92 Å². The van der Waals surface area contributed by atoms with Crippen molar-refractivity contribution in [1.29, 1.82) is 0 Å². The normalized spacial score (nSPS) is 21.9. The SMILES string of the molecule is O=CN[C@]1(C(=O)NS(=O)(=O)C2CC2)C[C@H]1/C=C\CCCCC[C@H](NC(=O)OC1CCCC1)C(=O)N1CCc2cc(Oc3cccc(Cl)c3)ccc2C1. The summed E-state index contributed by atoms with van der Waals surface area (Å²) in [6, 6.07) is 12.4. The van der Waals surface area contributed by atoms with Crippen LogP contribution >= 0.6 is 11.6 Å². The number of hydrogen-bond acceptors (Lipinski definition) is 8. The highest BCUT2D eigenvalue weighted by molar-refractivity contribution is 7.91. The van der Waals surface area contributed by atoms with E-state index in [9.17, 15) is 27.6 Å². The molecule has 0 aromatic heterocycles. The highest BCUT2D eigenvalue weighted by atomic mass is 35.5. The first-order valence-electron chi connectivity index (χ1n) is 18.3. The highest BCUT2D eigenvalue weighted by Crippen LogP contribution is 2.45. The van der Waals surface area contributed by atoms with E-state index in [1.54, 1.807) is 17.0 Å². The number of carbonyl (C=O) groups excluding carboxylic acids is 4. The molecule has 1 aliphatic heterocycles. The van der Waals surface area contributed by atoms with Gasteiger partial charge in [0, 0.05) is 24.0 Å². The molecule has 6 rings (SSSR count). The van der Waals surface area contributed by atoms with Crippen molar-refractivity contribution in [3.63, 3.8) is 0 Å². The van der Waals surface area contributed by atoms with Gasteiger partial charge in [0.25, 0.3) is 5.91 Å². The molecule has 52 heavy (non-hydrogen) atoms. The molecule has 2 aromatic carbocycles. The number of nitrogens with zero attached hydrogens (tertiary/aromatic N) is 1. The summed E-state index contributed by atoms with van der Waals surface area (Å²) in [6.07, 6.45) is 12.8. The number of amides is 4. The number of benzene rings is 2. The number of allylic oxidation sites excluding steroid dienone is 1. The van der Waals surface area contributed by atoms with E-state index in [4.69, 9.17) is 21.1 Å². The number of unbranched alkanes of at least 4 members (excludes halogenated alkanes) is 3. The summed E-state index contributed by atoms with van der Waals surface area (Å²) in [5.74, 6) is 0.224. The van der Waals surface area contributed by atoms with Crippen LogP contribution in [0.3, 0.4) is 0 Å². The molecule has 12 nitrogen and oxygen atoms in total. The van der Waals surface area contributed by atoms with Crippen molar-refractivity contribution in [2.24, 2.45) is 5.92 Å². The first-order chi connectivity index (χ1) is 25.1. The average molecular weight is 755 g/mol. The van der Waals surface area contributed by atoms with E-state index in [1.165, 1.54) is 0 Å². The number of hydrogen-bond donors (Lipinski definition) is 3. The second kappa shape index (κ2) is 16.7. The topological polar surface area (TPSA) is 160 Å². The minimum absolute atomic E-state index is 0.117. The van der Waals surface area contributed by atoms with E-state index in [2.05, 4.69) is 15.4 Å². The fourth-order valence-corrected chi connectivity index (χ4v) is 8.65. The quantitative estimate of drug-likeness (QED) is 0.106. The maximum atomic E-state index is 13.9. The number of fused-ring (bicyclic) bond motifs is 1. The van der Waals surface area contributed by atoms with Gasteiger partial charge in [-0.05, 0) is 112 Å². The number of sulfonamides is 1. The molecule has 0 saturated heterocycles. The molecule has 3 aliphatic carbocycles. The van der Waals surface area contributed by atoms with Gasteiger partial charge in [0.15, 0.2) is 0 Å². The van der Waals surface area contributed by atoms with E-state index in [0.717, 1.165) is 49.7 Å². The lowest BCUT2D eigenvalue weighted by molar-refractivity contribution is -0.134. The highest BCUT2D eigenvalue weighted by Gasteiger charge is 2.60. The van der Waals surface area contributed by atoms with Crippen molar-refractivity contribution in [3.8, 4) is 11.5 Å². The van der Waals surface area contributed by atoms with Gasteiger partial charge < -0.3 is 25.0 Å². The molecule has 0 spiro atoms. The molecule has 14 heteroatoms. The fourth-order valence-electron chi connectivity index (χ4n) is 7.11. The van der Waals surface area contributed by atoms with Gasteiger partial charge in [0.2, 0.25) is 22.3 Å². The third-order valence-corrected chi connectivity index (χ3v) is 12.4. The summed E-state index contributed by atoms with van der Waals surface area (Å²) in [7, 11) is -3.72. The van der Waals surface area contributed by atoms with Crippen LogP contribution < -0.4 is 20.1 Å². The maximum Gasteiger partial charge on any atom is 0.408 e. The van der Waals surface area contributed by atoms with E-state index < -0.39 is 38.9 Å². The summed E-state index contributed by atoms with van der Waals surface area (Å²) in [5, 5.41) is 5.47. The Kier molecular flexibility index (Phi) is 12.1. The van der Waals surface area contributed by atoms with Crippen LogP contribution in [-0.2, 0) is 42.1 Å². The molecule has 3 fully saturated rings. The summed E-state index contributed by atoms with van der Waals surface area (Å²) in [4.78, 5) is 52.6. The van der Waals surface area contributed by atoms with Gasteiger partial charge in [-0.1, -0.05) is 48.7 Å². The van der Waals surface area contributed by atoms with Gasteiger partial charge in [-0.25, -0.2) is 13.2 Å². The molecule has 3 atom stereocenters. The Hall–Kier alpha value is -4.10. The van der Waals surface area contributed by atoms with Crippen molar-refractivity contribution in [2.75, 3.05) is 6.54 Å². The minimum atomic E-state index is -3.72. The summed E-state index contributed by atoms with van der Waals surface area (Å²) in [5.41, 5.74) is 0.896. The van der Waals surface area contributed by atoms with Gasteiger partial charge in [0.1, 0.15) is 29.2 Å². The maximum absolute atomic E-state index is 13.9. The molecule has 280 valence electrons. The van der Waals surface area contributed by atoms with Crippen LogP contribution in [0.1, 0.15) is 88.2 Å². The van der Waals surface area contributed by atoms with E-state index in [0.29, 0.717) is 81.0 Å². The molecule has 0 radical (unpaired) electrons. The van der Waals surface area contributed by atoms with Gasteiger partial charge in [-0.2, -0.15) is 0 Å². The summed E-state index contributed by atoms with van der Waals surface area (Å²) >= 11 is 6.10. The lowest BCUT2D eigenvalue weighted by Gasteiger charge is -2.32. The Morgan fingerprint density at radius 2 is 1.79 bits per heavy atom. The molecule has 0 unspecified atom stereocenters. The van der Waals surface area contributed by atoms with Crippen molar-refractivity contribution in [3.05, 3.63) is 70.8 Å². The molecule has 2 aromatic rings. The number of alkyl carbamates (subject to hydrolysis) is 1. The molecule has 4 amide bonds. The predicted molar refractivity (Wildman–Crippen MR) is 195 cm³/mol. The van der Waals surface area contributed by atoms with Crippen molar-refractivity contribution in [1.82, 2.24) is 20.3 Å². The summed E-state index contributed by atoms with van der Waals surface area (Å²) < 4.78 is 38.3. The van der Waals surface area contributed by atoms with Crippen molar-refractivity contribution in [2.45, 2.75) is 113 Å². The zero-order valence-electron chi connectivity index (χ0n) is 29.2. The van der Waals surface area contributed by atoms with Crippen LogP contribution in [0.2, 0.25) is 5.02 Å². The second-order valence-electron chi connectivity index (χ2n) is 14.3. The summed E-state index contributed by atoms with van der Waals surface area (Å²) in [6.45, 7) is 0.942. The zero-order valence-corrected chi connectivity index (χ0v) is 30.8. The van der Waals surface area contributed by atoms with Crippen LogP contribution in [0.5, 0.6) is 11.5 Å². The second-order valence-corrected chi connectivity index (χ2v) is 16.7. The van der Waals surface area contributed by atoms with Gasteiger partial charge in [-0.15, -0.1) is 0 Å². The first-order valence-corrected chi connectivity index (χ1v) is 20.2. The molecular weight excluding hydrogens is 708 g/mol. The molecule has 3 saturated carbocycles. The smallest absolute Gasteiger partial charge is 0.408 e. The lowest BCUT2D eigenvalue weighted by atomic mass is 9.98. The molecule has 1 heterocycles. The number of rotatable bonds is 17. The van der Waals surface area contributed by atoms with E-state index >= 15 is 0 Å². The molecular formula is C38H47ClN4O8S. The monoisotopic (exact) mass is 754 g/mol. The number of ether oxygens (including phenoxy) is 2. The third kappa shape index (κ3) is 9.65. The number of halogens is 1. The Morgan fingerprint density at radius 1 is 1.00 bits per heavy atom. The Labute approximate surface area is 310 Å². The number of carbonyl (C=O) groups is 4. The average Bonchev–Trinajstić information content (AvgIpc) is 4.04. The van der Waals surface area contributed by atoms with Crippen LogP contribution in [0.4, 0.5) is 4.79 Å². The lowest BCUT2D eigenvalue weighted by Crippen LogP contribution is -2.50.